The van der Waals surface area contributed by atoms with Gasteiger partial charge in [0.2, 0.25) is 0 Å². The van der Waals surface area contributed by atoms with Gasteiger partial charge in [0.25, 0.3) is 0 Å². The number of alkyl halides is 1. The third-order valence-corrected chi connectivity index (χ3v) is 0. The summed E-state index contributed by atoms with van der Waals surface area (Å²) in [5.74, 6) is 0.472. The smallest absolute Gasteiger partial charge is 0.0223 e. The minimum absolute atomic E-state index is 0. The quantitative estimate of drug-likeness (QED) is 0.404. The van der Waals surface area contributed by atoms with Gasteiger partial charge in [-0.1, -0.05) is 0 Å². The molecule has 4 heavy (non-hydrogen) atoms. The van der Waals surface area contributed by atoms with E-state index in [-0.39, 0.29) is 12.4 Å². The molecule has 0 spiro atoms. The Bertz CT molecular complexity index is 4.00. The molecule has 0 aliphatic carbocycles. The molecule has 0 aromatic rings. The number of rotatable bonds is 0. The van der Waals surface area contributed by atoms with Crippen LogP contribution in [0.5, 0.6) is 0 Å². The molecule has 0 aliphatic heterocycles. The fourth-order valence-electron chi connectivity index (χ4n) is 0. The van der Waals surface area contributed by atoms with Crippen molar-refractivity contribution in [1.29, 1.82) is 0 Å². The van der Waals surface area contributed by atoms with Gasteiger partial charge in [0.05, 0.1) is 0 Å². The van der Waals surface area contributed by atoms with Crippen LogP contribution in [0.25, 0.3) is 0 Å². The van der Waals surface area contributed by atoms with Crippen LogP contribution in [0.2, 0.25) is 0 Å². The molecule has 2 heteroatoms. The summed E-state index contributed by atoms with van der Waals surface area (Å²) < 4.78 is 0. The Balaban J connectivity index is 0. The van der Waals surface area contributed by atoms with E-state index >= 15 is 0 Å². The van der Waals surface area contributed by atoms with E-state index in [1.807, 2.05) is 0 Å². The van der Waals surface area contributed by atoms with E-state index in [0.717, 1.165) is 0 Å². The van der Waals surface area contributed by atoms with Crippen molar-refractivity contribution < 1.29 is 0 Å². The monoisotopic (exact) mass is 99.0 g/mol. The Labute approximate surface area is 37.6 Å². The average molecular weight is 100.0 g/mol. The first-order valence-electron chi connectivity index (χ1n) is 0.767. The van der Waals surface area contributed by atoms with Crippen molar-refractivity contribution in [2.75, 3.05) is 5.88 Å². The Morgan fingerprint density at radius 2 is 1.75 bits per heavy atom. The standard InChI is InChI=1S/C2H4Cl.ClH/c1-2-3;/h1-2H2;1H. The second-order valence-corrected chi connectivity index (χ2v) is 0.567. The second kappa shape index (κ2) is 9.55. The SMILES string of the molecule is Cl.[CH2]CCl. The van der Waals surface area contributed by atoms with E-state index in [4.69, 9.17) is 11.6 Å². The molecule has 0 N–H and O–H groups in total. The fraction of sp³-hybridized carbons (Fsp3) is 0.500. The van der Waals surface area contributed by atoms with Crippen LogP contribution >= 0.6 is 24.0 Å². The van der Waals surface area contributed by atoms with E-state index in [0.29, 0.717) is 5.88 Å². The zero-order chi connectivity index (χ0) is 2.71. The van der Waals surface area contributed by atoms with Crippen LogP contribution in [0.3, 0.4) is 0 Å². The molecule has 0 aromatic heterocycles. The van der Waals surface area contributed by atoms with Gasteiger partial charge in [-0.25, -0.2) is 0 Å². The van der Waals surface area contributed by atoms with Crippen molar-refractivity contribution in [3.05, 3.63) is 6.92 Å². The van der Waals surface area contributed by atoms with E-state index < -0.39 is 0 Å². The fourth-order valence-corrected chi connectivity index (χ4v) is 0. The first-order chi connectivity index (χ1) is 1.41. The van der Waals surface area contributed by atoms with Gasteiger partial charge in [-0.15, -0.1) is 24.0 Å². The Morgan fingerprint density at radius 3 is 1.75 bits per heavy atom. The van der Waals surface area contributed by atoms with E-state index in [1.54, 1.807) is 0 Å². The Hall–Kier alpha value is 0.580. The van der Waals surface area contributed by atoms with Crippen LogP contribution in [0.4, 0.5) is 0 Å². The van der Waals surface area contributed by atoms with Gasteiger partial charge < -0.3 is 0 Å². The molecule has 0 aromatic carbocycles. The molecule has 0 saturated carbocycles. The van der Waals surface area contributed by atoms with Crippen LogP contribution in [0.15, 0.2) is 0 Å². The Morgan fingerprint density at radius 1 is 1.75 bits per heavy atom. The molecule has 0 amide bonds. The largest absolute Gasteiger partial charge is 0.147 e. The normalized spacial score (nSPS) is 4.50. The van der Waals surface area contributed by atoms with Crippen molar-refractivity contribution in [2.45, 2.75) is 0 Å². The predicted octanol–water partition coefficient (Wildman–Crippen LogP) is 1.48. The van der Waals surface area contributed by atoms with E-state index in [9.17, 15) is 0 Å². The molecule has 0 rings (SSSR count). The van der Waals surface area contributed by atoms with Crippen molar-refractivity contribution in [2.24, 2.45) is 0 Å². The maximum atomic E-state index is 4.89. The molecule has 0 bridgehead atoms. The third kappa shape index (κ3) is 19.1. The van der Waals surface area contributed by atoms with Crippen LogP contribution in [-0.2, 0) is 0 Å². The summed E-state index contributed by atoms with van der Waals surface area (Å²) in [6.45, 7) is 3.25. The number of hydrogen-bond donors (Lipinski definition) is 0. The number of hydrogen-bond acceptors (Lipinski definition) is 0. The molecule has 0 fully saturated rings. The highest BCUT2D eigenvalue weighted by Crippen LogP contribution is 1.58. The third-order valence-electron chi connectivity index (χ3n) is 0. The van der Waals surface area contributed by atoms with E-state index in [1.165, 1.54) is 0 Å². The lowest BCUT2D eigenvalue weighted by atomic mass is 11.0. The lowest BCUT2D eigenvalue weighted by molar-refractivity contribution is 1.81. The van der Waals surface area contributed by atoms with Crippen molar-refractivity contribution in [3.8, 4) is 0 Å². The van der Waals surface area contributed by atoms with Crippen molar-refractivity contribution in [3.63, 3.8) is 0 Å². The molecule has 27 valence electrons. The molecule has 0 heterocycles. The number of halogens is 2. The Kier molecular flexibility index (Phi) is 21.0. The van der Waals surface area contributed by atoms with Gasteiger partial charge in [0, 0.05) is 5.88 Å². The second-order valence-electron chi connectivity index (χ2n) is 0.189. The molecule has 0 nitrogen and oxygen atoms in total. The average Bonchev–Trinajstić information content (AvgIpc) is 0.918. The highest BCUT2D eigenvalue weighted by molar-refractivity contribution is 6.18. The van der Waals surface area contributed by atoms with Gasteiger partial charge in [-0.3, -0.25) is 0 Å². The summed E-state index contributed by atoms with van der Waals surface area (Å²) in [6.07, 6.45) is 0. The maximum absolute atomic E-state index is 4.89. The molecule has 1 radical (unpaired) electrons. The molecule has 0 aliphatic rings. The van der Waals surface area contributed by atoms with Crippen LogP contribution < -0.4 is 0 Å². The molecule has 0 saturated heterocycles. The molecule has 0 unspecified atom stereocenters. The highest BCUT2D eigenvalue weighted by atomic mass is 35.5. The minimum Gasteiger partial charge on any atom is -0.147 e. The van der Waals surface area contributed by atoms with Crippen LogP contribution in [0.1, 0.15) is 0 Å². The summed E-state index contributed by atoms with van der Waals surface area (Å²) in [5, 5.41) is 0. The molecule has 0 atom stereocenters. The van der Waals surface area contributed by atoms with Crippen molar-refractivity contribution >= 4 is 24.0 Å². The first kappa shape index (κ1) is 8.82. The van der Waals surface area contributed by atoms with Gasteiger partial charge in [0.15, 0.2) is 0 Å². The predicted molar refractivity (Wildman–Crippen MR) is 23.3 cm³/mol. The molecular formula is C2H5Cl2. The summed E-state index contributed by atoms with van der Waals surface area (Å²) in [6, 6.07) is 0. The molecular weight excluding hydrogens is 94.9 g/mol. The zero-order valence-electron chi connectivity index (χ0n) is 2.20. The lowest BCUT2D eigenvalue weighted by Gasteiger charge is -1.45. The van der Waals surface area contributed by atoms with Crippen LogP contribution in [-0.4, -0.2) is 5.88 Å². The summed E-state index contributed by atoms with van der Waals surface area (Å²) in [4.78, 5) is 0. The summed E-state index contributed by atoms with van der Waals surface area (Å²) >= 11 is 4.89. The highest BCUT2D eigenvalue weighted by Gasteiger charge is 1.39. The van der Waals surface area contributed by atoms with Crippen molar-refractivity contribution in [1.82, 2.24) is 0 Å². The first-order valence-corrected chi connectivity index (χ1v) is 1.30. The van der Waals surface area contributed by atoms with Gasteiger partial charge in [0.1, 0.15) is 0 Å². The van der Waals surface area contributed by atoms with E-state index in [2.05, 4.69) is 6.92 Å². The zero-order valence-corrected chi connectivity index (χ0v) is 3.77. The van der Waals surface area contributed by atoms with Gasteiger partial charge >= 0.3 is 0 Å². The minimum atomic E-state index is 0. The topological polar surface area (TPSA) is 0 Å². The van der Waals surface area contributed by atoms with Gasteiger partial charge in [-0.05, 0) is 6.92 Å². The summed E-state index contributed by atoms with van der Waals surface area (Å²) in [7, 11) is 0. The van der Waals surface area contributed by atoms with Gasteiger partial charge in [-0.2, -0.15) is 0 Å². The lowest BCUT2D eigenvalue weighted by Crippen LogP contribution is -1.37. The summed E-state index contributed by atoms with van der Waals surface area (Å²) in [5.41, 5.74) is 0. The van der Waals surface area contributed by atoms with Crippen LogP contribution in [0, 0.1) is 6.92 Å². The maximum Gasteiger partial charge on any atom is 0.0223 e.